The van der Waals surface area contributed by atoms with E-state index in [1.807, 2.05) is 30.3 Å². The maximum absolute atomic E-state index is 11.5. The lowest BCUT2D eigenvalue weighted by atomic mass is 10.1. The Morgan fingerprint density at radius 3 is 2.67 bits per heavy atom. The second kappa shape index (κ2) is 6.41. The number of aromatic nitrogens is 2. The molecule has 0 saturated heterocycles. The SMILES string of the molecule is Cc1nn(C)c(NCCC(N)c2ccccc2)c1C(N)=O. The summed E-state index contributed by atoms with van der Waals surface area (Å²) in [5.41, 5.74) is 13.7. The highest BCUT2D eigenvalue weighted by atomic mass is 16.1. The van der Waals surface area contributed by atoms with Gasteiger partial charge in [-0.05, 0) is 18.9 Å². The van der Waals surface area contributed by atoms with E-state index in [1.165, 1.54) is 0 Å². The fourth-order valence-corrected chi connectivity index (χ4v) is 2.37. The van der Waals surface area contributed by atoms with Crippen molar-refractivity contribution >= 4 is 11.7 Å². The van der Waals surface area contributed by atoms with Crippen LogP contribution in [0.4, 0.5) is 5.82 Å². The highest BCUT2D eigenvalue weighted by molar-refractivity contribution is 5.98. The molecule has 0 aliphatic heterocycles. The molecule has 0 aliphatic carbocycles. The molecule has 1 amide bonds. The van der Waals surface area contributed by atoms with Crippen LogP contribution in [-0.2, 0) is 7.05 Å². The van der Waals surface area contributed by atoms with E-state index in [4.69, 9.17) is 11.5 Å². The second-order valence-electron chi connectivity index (χ2n) is 5.03. The molecule has 0 spiro atoms. The molecule has 21 heavy (non-hydrogen) atoms. The number of anilines is 1. The van der Waals surface area contributed by atoms with Crippen LogP contribution < -0.4 is 16.8 Å². The average molecular weight is 287 g/mol. The molecule has 5 N–H and O–H groups in total. The lowest BCUT2D eigenvalue weighted by Gasteiger charge is -2.13. The topological polar surface area (TPSA) is 99.0 Å². The molecular weight excluding hydrogens is 266 g/mol. The van der Waals surface area contributed by atoms with Crippen LogP contribution in [0.15, 0.2) is 30.3 Å². The van der Waals surface area contributed by atoms with Gasteiger partial charge in [0.15, 0.2) is 0 Å². The van der Waals surface area contributed by atoms with E-state index >= 15 is 0 Å². The first-order chi connectivity index (χ1) is 10.0. The molecular formula is C15H21N5O. The molecule has 0 fully saturated rings. The Balaban J connectivity index is 2.00. The second-order valence-corrected chi connectivity index (χ2v) is 5.03. The van der Waals surface area contributed by atoms with Crippen molar-refractivity contribution in [1.82, 2.24) is 9.78 Å². The van der Waals surface area contributed by atoms with Gasteiger partial charge in [-0.25, -0.2) is 0 Å². The maximum Gasteiger partial charge on any atom is 0.254 e. The van der Waals surface area contributed by atoms with Crippen molar-refractivity contribution in [3.05, 3.63) is 47.2 Å². The molecule has 1 heterocycles. The molecule has 0 radical (unpaired) electrons. The highest BCUT2D eigenvalue weighted by Crippen LogP contribution is 2.19. The third-order valence-corrected chi connectivity index (χ3v) is 3.44. The molecule has 0 saturated carbocycles. The van der Waals surface area contributed by atoms with E-state index in [0.29, 0.717) is 23.6 Å². The quantitative estimate of drug-likeness (QED) is 0.746. The molecule has 1 aromatic carbocycles. The number of rotatable bonds is 6. The third-order valence-electron chi connectivity index (χ3n) is 3.44. The maximum atomic E-state index is 11.5. The zero-order chi connectivity index (χ0) is 15.4. The van der Waals surface area contributed by atoms with E-state index in [9.17, 15) is 4.79 Å². The highest BCUT2D eigenvalue weighted by Gasteiger charge is 2.17. The van der Waals surface area contributed by atoms with Gasteiger partial charge in [0.1, 0.15) is 11.4 Å². The summed E-state index contributed by atoms with van der Waals surface area (Å²) in [7, 11) is 1.78. The number of hydrogen-bond donors (Lipinski definition) is 3. The summed E-state index contributed by atoms with van der Waals surface area (Å²) in [5, 5.41) is 7.41. The number of nitrogens with zero attached hydrogens (tertiary/aromatic N) is 2. The normalized spacial score (nSPS) is 12.1. The molecule has 1 aromatic heterocycles. The number of nitrogens with one attached hydrogen (secondary N) is 1. The minimum Gasteiger partial charge on any atom is -0.370 e. The van der Waals surface area contributed by atoms with Crippen LogP contribution in [0.1, 0.15) is 34.1 Å². The third kappa shape index (κ3) is 3.41. The van der Waals surface area contributed by atoms with Gasteiger partial charge >= 0.3 is 0 Å². The van der Waals surface area contributed by atoms with Crippen molar-refractivity contribution in [3.8, 4) is 0 Å². The Labute approximate surface area is 124 Å². The standard InChI is InChI=1S/C15H21N5O/c1-10-13(14(17)21)15(20(2)19-10)18-9-8-12(16)11-6-4-3-5-7-11/h3-7,12,18H,8-9,16H2,1-2H3,(H2,17,21). The summed E-state index contributed by atoms with van der Waals surface area (Å²) in [4.78, 5) is 11.5. The Kier molecular flexibility index (Phi) is 4.59. The Morgan fingerprint density at radius 2 is 2.05 bits per heavy atom. The number of primary amides is 1. The smallest absolute Gasteiger partial charge is 0.254 e. The van der Waals surface area contributed by atoms with Crippen LogP contribution in [0.2, 0.25) is 0 Å². The number of benzene rings is 1. The first-order valence-corrected chi connectivity index (χ1v) is 6.88. The zero-order valence-electron chi connectivity index (χ0n) is 12.3. The van der Waals surface area contributed by atoms with Crippen molar-refractivity contribution in [3.63, 3.8) is 0 Å². The van der Waals surface area contributed by atoms with Gasteiger partial charge in [0.2, 0.25) is 0 Å². The molecule has 6 heteroatoms. The first kappa shape index (κ1) is 15.1. The predicted octanol–water partition coefficient (Wildman–Crippen LogP) is 1.33. The van der Waals surface area contributed by atoms with Gasteiger partial charge in [-0.15, -0.1) is 0 Å². The Bertz CT molecular complexity index is 620. The van der Waals surface area contributed by atoms with E-state index in [0.717, 1.165) is 12.0 Å². The minimum atomic E-state index is -0.476. The molecule has 1 atom stereocenters. The van der Waals surface area contributed by atoms with Crippen molar-refractivity contribution in [1.29, 1.82) is 0 Å². The predicted molar refractivity (Wildman–Crippen MR) is 82.9 cm³/mol. The Hall–Kier alpha value is -2.34. The molecule has 2 aromatic rings. The Morgan fingerprint density at radius 1 is 1.38 bits per heavy atom. The number of carbonyl (C=O) groups excluding carboxylic acids is 1. The van der Waals surface area contributed by atoms with Gasteiger partial charge in [0.25, 0.3) is 5.91 Å². The first-order valence-electron chi connectivity index (χ1n) is 6.88. The minimum absolute atomic E-state index is 0.0509. The fraction of sp³-hybridized carbons (Fsp3) is 0.333. The summed E-state index contributed by atoms with van der Waals surface area (Å²) < 4.78 is 1.63. The van der Waals surface area contributed by atoms with Crippen molar-refractivity contribution < 1.29 is 4.79 Å². The van der Waals surface area contributed by atoms with E-state index in [-0.39, 0.29) is 6.04 Å². The van der Waals surface area contributed by atoms with E-state index in [2.05, 4.69) is 10.4 Å². The summed E-state index contributed by atoms with van der Waals surface area (Å²) in [5.74, 6) is 0.163. The largest absolute Gasteiger partial charge is 0.370 e. The van der Waals surface area contributed by atoms with E-state index in [1.54, 1.807) is 18.7 Å². The fourth-order valence-electron chi connectivity index (χ4n) is 2.37. The van der Waals surface area contributed by atoms with Crippen LogP contribution in [0.3, 0.4) is 0 Å². The van der Waals surface area contributed by atoms with Crippen molar-refractivity contribution in [2.45, 2.75) is 19.4 Å². The molecule has 6 nitrogen and oxygen atoms in total. The molecule has 1 unspecified atom stereocenters. The van der Waals surface area contributed by atoms with Gasteiger partial charge < -0.3 is 16.8 Å². The summed E-state index contributed by atoms with van der Waals surface area (Å²) in [6.45, 7) is 2.40. The van der Waals surface area contributed by atoms with Gasteiger partial charge in [0.05, 0.1) is 5.69 Å². The van der Waals surface area contributed by atoms with Crippen LogP contribution in [0.25, 0.3) is 0 Å². The molecule has 0 aliphatic rings. The van der Waals surface area contributed by atoms with Gasteiger partial charge in [-0.2, -0.15) is 5.10 Å². The zero-order valence-corrected chi connectivity index (χ0v) is 12.3. The summed E-state index contributed by atoms with van der Waals surface area (Å²) >= 11 is 0. The van der Waals surface area contributed by atoms with Crippen molar-refractivity contribution in [2.75, 3.05) is 11.9 Å². The molecule has 0 bridgehead atoms. The number of aryl methyl sites for hydroxylation is 2. The monoisotopic (exact) mass is 287 g/mol. The number of nitrogens with two attached hydrogens (primary N) is 2. The molecule has 112 valence electrons. The van der Waals surface area contributed by atoms with Gasteiger partial charge in [0, 0.05) is 19.6 Å². The van der Waals surface area contributed by atoms with Crippen LogP contribution >= 0.6 is 0 Å². The molecule has 2 rings (SSSR count). The lowest BCUT2D eigenvalue weighted by Crippen LogP contribution is -2.19. The summed E-state index contributed by atoms with van der Waals surface area (Å²) in [6, 6.07) is 9.87. The number of hydrogen-bond acceptors (Lipinski definition) is 4. The summed E-state index contributed by atoms with van der Waals surface area (Å²) in [6.07, 6.45) is 0.743. The lowest BCUT2D eigenvalue weighted by molar-refractivity contribution is 0.100. The van der Waals surface area contributed by atoms with Gasteiger partial charge in [-0.3, -0.25) is 9.48 Å². The number of amides is 1. The van der Waals surface area contributed by atoms with E-state index < -0.39 is 5.91 Å². The van der Waals surface area contributed by atoms with Gasteiger partial charge in [-0.1, -0.05) is 30.3 Å². The van der Waals surface area contributed by atoms with Crippen molar-refractivity contribution in [2.24, 2.45) is 18.5 Å². The van der Waals surface area contributed by atoms with Crippen LogP contribution in [0, 0.1) is 6.92 Å². The van der Waals surface area contributed by atoms with Crippen LogP contribution in [0.5, 0.6) is 0 Å². The average Bonchev–Trinajstić information content (AvgIpc) is 2.74. The number of carbonyl (C=O) groups is 1. The van der Waals surface area contributed by atoms with Crippen LogP contribution in [-0.4, -0.2) is 22.2 Å².